The fourth-order valence-corrected chi connectivity index (χ4v) is 5.75. The Morgan fingerprint density at radius 3 is 2.57 bits per heavy atom. The van der Waals surface area contributed by atoms with E-state index in [1.54, 1.807) is 19.5 Å². The molecular weight excluding hydrogens is 418 g/mol. The van der Waals surface area contributed by atoms with Gasteiger partial charge in [0.25, 0.3) is 0 Å². The number of aromatic nitrogens is 3. The second-order valence-electron chi connectivity index (χ2n) is 6.64. The maximum Gasteiger partial charge on any atom is 0.232 e. The van der Waals surface area contributed by atoms with Gasteiger partial charge in [-0.25, -0.2) is 15.0 Å². The lowest BCUT2D eigenvalue weighted by atomic mass is 10.0. The zero-order valence-electron chi connectivity index (χ0n) is 16.4. The van der Waals surface area contributed by atoms with Crippen LogP contribution in [0.3, 0.4) is 0 Å². The number of nitrogens with two attached hydrogens (primary N) is 2. The lowest BCUT2D eigenvalue weighted by molar-refractivity contribution is 0.199. The second-order valence-corrected chi connectivity index (χ2v) is 9.41. The van der Waals surface area contributed by atoms with Crippen molar-refractivity contribution in [2.24, 2.45) is 0 Å². The molecular formula is C21H21N5O2S2. The van der Waals surface area contributed by atoms with Crippen LogP contribution in [-0.2, 0) is 15.9 Å². The number of nitrogens with zero attached hydrogens (tertiary/aromatic N) is 3. The summed E-state index contributed by atoms with van der Waals surface area (Å²) in [6, 6.07) is 11.8. The summed E-state index contributed by atoms with van der Waals surface area (Å²) in [6.45, 7) is 0.558. The summed E-state index contributed by atoms with van der Waals surface area (Å²) >= 11 is 0.131. The molecule has 0 amide bonds. The van der Waals surface area contributed by atoms with Gasteiger partial charge in [-0.2, -0.15) is 0 Å². The van der Waals surface area contributed by atoms with Gasteiger partial charge in [-0.05, 0) is 28.4 Å². The van der Waals surface area contributed by atoms with E-state index in [-0.39, 0.29) is 0 Å². The molecule has 30 heavy (non-hydrogen) atoms. The Hall–Kier alpha value is -2.72. The van der Waals surface area contributed by atoms with Crippen molar-refractivity contribution in [3.63, 3.8) is 0 Å². The molecule has 0 spiro atoms. The van der Waals surface area contributed by atoms with Gasteiger partial charge in [-0.15, -0.1) is 0 Å². The second kappa shape index (κ2) is 8.97. The lowest BCUT2D eigenvalue weighted by Crippen LogP contribution is -2.09. The van der Waals surface area contributed by atoms with Crippen molar-refractivity contribution in [3.05, 3.63) is 48.8 Å². The standard InChI is InChI=1S/C21H21N5O2S2/c1-28-8-5-9-30(27)21-18(23)17-15(13-6-3-2-4-7-13)10-16(26-20(17)29-21)19-24-11-14(22)12-25-19/h2-4,6-7,10-12H,5,8-9,22-23H2,1H3. The summed E-state index contributed by atoms with van der Waals surface area (Å²) in [5, 5.41) is 0.806. The van der Waals surface area contributed by atoms with E-state index in [2.05, 4.69) is 9.97 Å². The summed E-state index contributed by atoms with van der Waals surface area (Å²) in [5.41, 5.74) is 15.7. The monoisotopic (exact) mass is 439 g/mol. The Morgan fingerprint density at radius 2 is 1.87 bits per heavy atom. The molecule has 0 aliphatic carbocycles. The summed E-state index contributed by atoms with van der Waals surface area (Å²) in [5.74, 6) is 0.956. The predicted octanol–water partition coefficient (Wildman–Crippen LogP) is 3.73. The quantitative estimate of drug-likeness (QED) is 0.332. The molecule has 9 heteroatoms. The SMILES string of the molecule is COCCC[S+]([O-])c1sc2nc(-c3ncc(N)cn3)cc(-c3ccccc3)c2c1N. The summed E-state index contributed by atoms with van der Waals surface area (Å²) in [4.78, 5) is 14.1. The Morgan fingerprint density at radius 1 is 1.13 bits per heavy atom. The fourth-order valence-electron chi connectivity index (χ4n) is 3.13. The van der Waals surface area contributed by atoms with Crippen LogP contribution in [0.1, 0.15) is 6.42 Å². The van der Waals surface area contributed by atoms with Crippen LogP contribution in [0.25, 0.3) is 32.9 Å². The number of fused-ring (bicyclic) bond motifs is 1. The van der Waals surface area contributed by atoms with Crippen LogP contribution < -0.4 is 11.5 Å². The first-order valence-corrected chi connectivity index (χ1v) is 11.5. The van der Waals surface area contributed by atoms with Gasteiger partial charge in [0.1, 0.15) is 22.0 Å². The highest BCUT2D eigenvalue weighted by Gasteiger charge is 2.25. The molecule has 1 unspecified atom stereocenters. The van der Waals surface area contributed by atoms with Crippen molar-refractivity contribution in [1.29, 1.82) is 0 Å². The highest BCUT2D eigenvalue weighted by Crippen LogP contribution is 2.43. The number of methoxy groups -OCH3 is 1. The van der Waals surface area contributed by atoms with E-state index in [0.717, 1.165) is 16.5 Å². The van der Waals surface area contributed by atoms with Gasteiger partial charge < -0.3 is 20.8 Å². The van der Waals surface area contributed by atoms with Crippen molar-refractivity contribution in [1.82, 2.24) is 15.0 Å². The van der Waals surface area contributed by atoms with Crippen LogP contribution in [0.5, 0.6) is 0 Å². The van der Waals surface area contributed by atoms with Crippen LogP contribution in [-0.4, -0.2) is 39.0 Å². The Bertz CT molecular complexity index is 1150. The largest absolute Gasteiger partial charge is 0.611 e. The first-order chi connectivity index (χ1) is 14.6. The molecule has 0 fully saturated rings. The number of ether oxygens (including phenoxy) is 1. The number of hydrogen-bond acceptors (Lipinski definition) is 8. The Kier molecular flexibility index (Phi) is 6.14. The molecule has 0 saturated carbocycles. The number of thiophene rings is 1. The van der Waals surface area contributed by atoms with Crippen LogP contribution in [0.15, 0.2) is 53.0 Å². The number of anilines is 2. The normalized spacial score (nSPS) is 12.3. The van der Waals surface area contributed by atoms with Crippen molar-refractivity contribution in [2.45, 2.75) is 10.6 Å². The topological polar surface area (TPSA) is 123 Å². The van der Waals surface area contributed by atoms with Crippen molar-refractivity contribution < 1.29 is 9.29 Å². The van der Waals surface area contributed by atoms with E-state index in [4.69, 9.17) is 21.2 Å². The Labute approximate surface area is 181 Å². The molecule has 0 radical (unpaired) electrons. The van der Waals surface area contributed by atoms with Gasteiger partial charge in [-0.1, -0.05) is 41.7 Å². The third-order valence-corrected chi connectivity index (χ3v) is 7.53. The molecule has 0 saturated heterocycles. The van der Waals surface area contributed by atoms with E-state index >= 15 is 0 Å². The number of benzene rings is 1. The van der Waals surface area contributed by atoms with Crippen molar-refractivity contribution >= 4 is 44.1 Å². The van der Waals surface area contributed by atoms with Gasteiger partial charge in [0.2, 0.25) is 4.21 Å². The molecule has 154 valence electrons. The molecule has 3 heterocycles. The molecule has 4 rings (SSSR count). The van der Waals surface area contributed by atoms with Crippen LogP contribution >= 0.6 is 11.3 Å². The molecule has 7 nitrogen and oxygen atoms in total. The van der Waals surface area contributed by atoms with Crippen LogP contribution in [0.4, 0.5) is 11.4 Å². The fraction of sp³-hybridized carbons (Fsp3) is 0.190. The zero-order chi connectivity index (χ0) is 21.1. The van der Waals surface area contributed by atoms with Crippen molar-refractivity contribution in [2.75, 3.05) is 30.9 Å². The maximum atomic E-state index is 12.9. The highest BCUT2D eigenvalue weighted by atomic mass is 32.2. The first kappa shape index (κ1) is 20.5. The minimum atomic E-state index is -1.22. The minimum absolute atomic E-state index is 0.470. The average molecular weight is 440 g/mol. The zero-order valence-corrected chi connectivity index (χ0v) is 18.0. The molecule has 0 aliphatic heterocycles. The molecule has 4 aromatic rings. The molecule has 3 aromatic heterocycles. The molecule has 1 aromatic carbocycles. The van der Waals surface area contributed by atoms with Gasteiger partial charge in [0.15, 0.2) is 5.82 Å². The summed E-state index contributed by atoms with van der Waals surface area (Å²) < 4.78 is 18.6. The van der Waals surface area contributed by atoms with Gasteiger partial charge in [-0.3, -0.25) is 0 Å². The number of pyridine rings is 1. The van der Waals surface area contributed by atoms with E-state index in [1.807, 2.05) is 36.4 Å². The minimum Gasteiger partial charge on any atom is -0.611 e. The highest BCUT2D eigenvalue weighted by molar-refractivity contribution is 7.93. The number of hydrogen-bond donors (Lipinski definition) is 2. The van der Waals surface area contributed by atoms with E-state index in [1.165, 1.54) is 11.3 Å². The predicted molar refractivity (Wildman–Crippen MR) is 123 cm³/mol. The third kappa shape index (κ3) is 4.10. The molecule has 1 atom stereocenters. The lowest BCUT2D eigenvalue weighted by Gasteiger charge is -2.09. The summed E-state index contributed by atoms with van der Waals surface area (Å²) in [6.07, 6.45) is 3.80. The van der Waals surface area contributed by atoms with Crippen molar-refractivity contribution in [3.8, 4) is 22.6 Å². The van der Waals surface area contributed by atoms with Gasteiger partial charge in [0.05, 0.1) is 24.7 Å². The maximum absolute atomic E-state index is 12.9. The van der Waals surface area contributed by atoms with E-state index in [0.29, 0.717) is 50.7 Å². The smallest absolute Gasteiger partial charge is 0.232 e. The molecule has 0 aliphatic rings. The van der Waals surface area contributed by atoms with E-state index in [9.17, 15) is 4.55 Å². The van der Waals surface area contributed by atoms with Gasteiger partial charge in [0, 0.05) is 18.9 Å². The first-order valence-electron chi connectivity index (χ1n) is 9.32. The summed E-state index contributed by atoms with van der Waals surface area (Å²) in [7, 11) is 1.63. The number of rotatable bonds is 7. The third-order valence-electron chi connectivity index (χ3n) is 4.54. The molecule has 4 N–H and O–H groups in total. The average Bonchev–Trinajstić information content (AvgIpc) is 3.11. The number of nitrogen functional groups attached to an aromatic ring is 2. The van der Waals surface area contributed by atoms with Crippen LogP contribution in [0.2, 0.25) is 0 Å². The van der Waals surface area contributed by atoms with E-state index < -0.39 is 11.2 Å². The van der Waals surface area contributed by atoms with Crippen LogP contribution in [0, 0.1) is 0 Å². The Balaban J connectivity index is 1.87. The molecule has 0 bridgehead atoms. The van der Waals surface area contributed by atoms with Gasteiger partial charge >= 0.3 is 0 Å².